The van der Waals surface area contributed by atoms with E-state index in [0.717, 1.165) is 5.56 Å². The molecular formula is C11H15FO. The minimum atomic E-state index is -0.278. The van der Waals surface area contributed by atoms with Gasteiger partial charge in [0.25, 0.3) is 0 Å². The Hall–Kier alpha value is -1.05. The lowest BCUT2D eigenvalue weighted by Gasteiger charge is -2.21. The second-order valence-corrected chi connectivity index (χ2v) is 4.18. The number of aryl methyl sites for hydroxylation is 1. The molecule has 0 saturated heterocycles. The van der Waals surface area contributed by atoms with Gasteiger partial charge >= 0.3 is 0 Å². The number of benzene rings is 1. The highest BCUT2D eigenvalue weighted by Crippen LogP contribution is 2.20. The summed E-state index contributed by atoms with van der Waals surface area (Å²) in [5.74, 6) is 0.337. The lowest BCUT2D eigenvalue weighted by atomic mass is 10.2. The monoisotopic (exact) mass is 182 g/mol. The SMILES string of the molecule is Cc1cc(F)cc(OC(C)(C)C)c1. The standard InChI is InChI=1S/C11H15FO/c1-8-5-9(12)7-10(6-8)13-11(2,3)4/h5-7H,1-4H3. The zero-order valence-electron chi connectivity index (χ0n) is 8.52. The van der Waals surface area contributed by atoms with Gasteiger partial charge in [0.15, 0.2) is 0 Å². The van der Waals surface area contributed by atoms with Crippen LogP contribution in [0.25, 0.3) is 0 Å². The molecule has 0 aliphatic carbocycles. The summed E-state index contributed by atoms with van der Waals surface area (Å²) in [6.45, 7) is 7.66. The molecule has 0 spiro atoms. The molecule has 0 aliphatic heterocycles. The number of ether oxygens (including phenoxy) is 1. The Morgan fingerprint density at radius 3 is 2.23 bits per heavy atom. The lowest BCUT2D eigenvalue weighted by molar-refractivity contribution is 0.130. The second kappa shape index (κ2) is 3.36. The van der Waals surface area contributed by atoms with E-state index < -0.39 is 0 Å². The van der Waals surface area contributed by atoms with Crippen molar-refractivity contribution in [2.45, 2.75) is 33.3 Å². The summed E-state index contributed by atoms with van der Waals surface area (Å²) < 4.78 is 18.4. The first-order valence-corrected chi connectivity index (χ1v) is 4.33. The lowest BCUT2D eigenvalue weighted by Crippen LogP contribution is -2.23. The van der Waals surface area contributed by atoms with Crippen LogP contribution in [-0.4, -0.2) is 5.60 Å². The first-order valence-electron chi connectivity index (χ1n) is 4.33. The van der Waals surface area contributed by atoms with Crippen molar-refractivity contribution in [1.82, 2.24) is 0 Å². The molecule has 0 radical (unpaired) electrons. The number of hydrogen-bond donors (Lipinski definition) is 0. The summed E-state index contributed by atoms with van der Waals surface area (Å²) >= 11 is 0. The van der Waals surface area contributed by atoms with Gasteiger partial charge in [-0.15, -0.1) is 0 Å². The molecule has 1 rings (SSSR count). The number of hydrogen-bond acceptors (Lipinski definition) is 1. The highest BCUT2D eigenvalue weighted by molar-refractivity contribution is 5.29. The Morgan fingerprint density at radius 2 is 1.77 bits per heavy atom. The molecule has 2 heteroatoms. The molecule has 0 fully saturated rings. The summed E-state index contributed by atoms with van der Waals surface area (Å²) in [6.07, 6.45) is 0. The van der Waals surface area contributed by atoms with Crippen LogP contribution in [0.1, 0.15) is 26.3 Å². The topological polar surface area (TPSA) is 9.23 Å². The molecule has 0 bridgehead atoms. The predicted octanol–water partition coefficient (Wildman–Crippen LogP) is 3.31. The fraction of sp³-hybridized carbons (Fsp3) is 0.455. The predicted molar refractivity (Wildman–Crippen MR) is 51.5 cm³/mol. The minimum Gasteiger partial charge on any atom is -0.488 e. The van der Waals surface area contributed by atoms with E-state index >= 15 is 0 Å². The van der Waals surface area contributed by atoms with E-state index in [9.17, 15) is 4.39 Å². The van der Waals surface area contributed by atoms with Gasteiger partial charge in [-0.3, -0.25) is 0 Å². The maximum atomic E-state index is 12.9. The first kappa shape index (κ1) is 10.0. The molecule has 0 amide bonds. The molecule has 0 saturated carbocycles. The molecule has 0 heterocycles. The average Bonchev–Trinajstić information content (AvgIpc) is 1.78. The highest BCUT2D eigenvalue weighted by atomic mass is 19.1. The van der Waals surface area contributed by atoms with E-state index in [1.54, 1.807) is 0 Å². The van der Waals surface area contributed by atoms with Crippen LogP contribution >= 0.6 is 0 Å². The van der Waals surface area contributed by atoms with Crippen molar-refractivity contribution >= 4 is 0 Å². The molecule has 1 nitrogen and oxygen atoms in total. The fourth-order valence-electron chi connectivity index (χ4n) is 1.12. The normalized spacial score (nSPS) is 11.5. The Morgan fingerprint density at radius 1 is 1.15 bits per heavy atom. The van der Waals surface area contributed by atoms with Crippen molar-refractivity contribution in [3.63, 3.8) is 0 Å². The number of rotatable bonds is 1. The van der Waals surface area contributed by atoms with Crippen molar-refractivity contribution in [1.29, 1.82) is 0 Å². The summed E-state index contributed by atoms with van der Waals surface area (Å²) in [6, 6.07) is 4.71. The van der Waals surface area contributed by atoms with Gasteiger partial charge in [0.05, 0.1) is 0 Å². The van der Waals surface area contributed by atoms with Gasteiger partial charge in [0.1, 0.15) is 17.2 Å². The fourth-order valence-corrected chi connectivity index (χ4v) is 1.12. The van der Waals surface area contributed by atoms with Crippen molar-refractivity contribution < 1.29 is 9.13 Å². The minimum absolute atomic E-state index is 0.251. The molecule has 1 aromatic carbocycles. The highest BCUT2D eigenvalue weighted by Gasteiger charge is 2.12. The quantitative estimate of drug-likeness (QED) is 0.647. The summed E-state index contributed by atoms with van der Waals surface area (Å²) in [5.41, 5.74) is 0.597. The van der Waals surface area contributed by atoms with Crippen molar-refractivity contribution in [3.05, 3.63) is 29.6 Å². The maximum absolute atomic E-state index is 12.9. The van der Waals surface area contributed by atoms with Gasteiger partial charge in [-0.25, -0.2) is 4.39 Å². The Labute approximate surface area is 78.5 Å². The van der Waals surface area contributed by atoms with Gasteiger partial charge < -0.3 is 4.74 Å². The summed E-state index contributed by atoms with van der Waals surface area (Å²) in [5, 5.41) is 0. The van der Waals surface area contributed by atoms with Crippen LogP contribution in [0, 0.1) is 12.7 Å². The molecule has 0 atom stereocenters. The average molecular weight is 182 g/mol. The Bertz CT molecular complexity index is 279. The molecular weight excluding hydrogens is 167 g/mol. The smallest absolute Gasteiger partial charge is 0.127 e. The van der Waals surface area contributed by atoms with Crippen molar-refractivity contribution in [3.8, 4) is 5.75 Å². The van der Waals surface area contributed by atoms with Crippen LogP contribution in [0.15, 0.2) is 18.2 Å². The molecule has 0 N–H and O–H groups in total. The first-order chi connectivity index (χ1) is 5.87. The largest absolute Gasteiger partial charge is 0.488 e. The number of halogens is 1. The zero-order valence-corrected chi connectivity index (χ0v) is 8.52. The van der Waals surface area contributed by atoms with E-state index in [1.165, 1.54) is 12.1 Å². The molecule has 0 unspecified atom stereocenters. The van der Waals surface area contributed by atoms with Crippen LogP contribution in [0.2, 0.25) is 0 Å². The zero-order chi connectivity index (χ0) is 10.1. The van der Waals surface area contributed by atoms with Crippen molar-refractivity contribution in [2.75, 3.05) is 0 Å². The van der Waals surface area contributed by atoms with Gasteiger partial charge in [0, 0.05) is 6.07 Å². The third-order valence-corrected chi connectivity index (χ3v) is 1.44. The van der Waals surface area contributed by atoms with Crippen LogP contribution < -0.4 is 4.74 Å². The third-order valence-electron chi connectivity index (χ3n) is 1.44. The van der Waals surface area contributed by atoms with Crippen LogP contribution in [-0.2, 0) is 0 Å². The van der Waals surface area contributed by atoms with E-state index in [2.05, 4.69) is 0 Å². The van der Waals surface area contributed by atoms with Crippen LogP contribution in [0.5, 0.6) is 5.75 Å². The van der Waals surface area contributed by atoms with E-state index in [-0.39, 0.29) is 11.4 Å². The maximum Gasteiger partial charge on any atom is 0.127 e. The van der Waals surface area contributed by atoms with Gasteiger partial charge in [0.2, 0.25) is 0 Å². The van der Waals surface area contributed by atoms with Gasteiger partial charge in [-0.2, -0.15) is 0 Å². The molecule has 0 aromatic heterocycles. The van der Waals surface area contributed by atoms with Gasteiger partial charge in [-0.1, -0.05) is 0 Å². The third kappa shape index (κ3) is 3.45. The summed E-state index contributed by atoms with van der Waals surface area (Å²) in [4.78, 5) is 0. The van der Waals surface area contributed by atoms with E-state index in [1.807, 2.05) is 33.8 Å². The van der Waals surface area contributed by atoms with E-state index in [4.69, 9.17) is 4.74 Å². The molecule has 13 heavy (non-hydrogen) atoms. The Balaban J connectivity index is 2.90. The van der Waals surface area contributed by atoms with Crippen LogP contribution in [0.3, 0.4) is 0 Å². The Kier molecular flexibility index (Phi) is 2.60. The summed E-state index contributed by atoms with van der Waals surface area (Å²) in [7, 11) is 0. The van der Waals surface area contributed by atoms with Crippen LogP contribution in [0.4, 0.5) is 4.39 Å². The molecule has 0 aliphatic rings. The van der Waals surface area contributed by atoms with E-state index in [0.29, 0.717) is 5.75 Å². The molecule has 72 valence electrons. The molecule has 1 aromatic rings. The van der Waals surface area contributed by atoms with Crippen molar-refractivity contribution in [2.24, 2.45) is 0 Å². The second-order valence-electron chi connectivity index (χ2n) is 4.18. The van der Waals surface area contributed by atoms with Gasteiger partial charge in [-0.05, 0) is 45.4 Å².